The van der Waals surface area contributed by atoms with Crippen LogP contribution in [-0.4, -0.2) is 48.2 Å². The van der Waals surface area contributed by atoms with Gasteiger partial charge in [0.1, 0.15) is 12.4 Å². The first-order chi connectivity index (χ1) is 17.1. The molecule has 2 N–H and O–H groups in total. The lowest BCUT2D eigenvalue weighted by Crippen LogP contribution is -2.19. The molecule has 1 aromatic heterocycles. The monoisotopic (exact) mass is 473 g/mol. The number of hydrogen-bond acceptors (Lipinski definition) is 6. The number of rotatable bonds is 9. The van der Waals surface area contributed by atoms with Gasteiger partial charge >= 0.3 is 12.0 Å². The highest BCUT2D eigenvalue weighted by molar-refractivity contribution is 6.00. The molecule has 0 unspecified atom stereocenters. The number of aromatic nitrogens is 3. The Morgan fingerprint density at radius 1 is 0.914 bits per heavy atom. The van der Waals surface area contributed by atoms with E-state index < -0.39 is 0 Å². The summed E-state index contributed by atoms with van der Waals surface area (Å²) in [6, 6.07) is 22.3. The normalized spacial score (nSPS) is 10.6. The molecule has 9 heteroatoms. The predicted octanol–water partition coefficient (Wildman–Crippen LogP) is 4.92. The van der Waals surface area contributed by atoms with Crippen molar-refractivity contribution in [1.82, 2.24) is 14.8 Å². The van der Waals surface area contributed by atoms with Crippen molar-refractivity contribution in [3.63, 3.8) is 0 Å². The lowest BCUT2D eigenvalue weighted by Gasteiger charge is -2.11. The first-order valence-electron chi connectivity index (χ1n) is 11.0. The molecule has 0 fully saturated rings. The summed E-state index contributed by atoms with van der Waals surface area (Å²) >= 11 is 0. The minimum Gasteiger partial charge on any atom is -0.497 e. The lowest BCUT2D eigenvalue weighted by atomic mass is 10.1. The largest absolute Gasteiger partial charge is 0.497 e. The quantitative estimate of drug-likeness (QED) is 0.335. The smallest absolute Gasteiger partial charge is 0.336 e. The zero-order chi connectivity index (χ0) is 24.6. The van der Waals surface area contributed by atoms with E-state index in [1.54, 1.807) is 43.2 Å². The van der Waals surface area contributed by atoms with Crippen LogP contribution < -0.4 is 20.1 Å². The fourth-order valence-corrected chi connectivity index (χ4v) is 3.35. The van der Waals surface area contributed by atoms with Crippen LogP contribution in [0.3, 0.4) is 0 Å². The number of amides is 2. The molecule has 1 heterocycles. The summed E-state index contributed by atoms with van der Waals surface area (Å²) in [6.07, 6.45) is 0. The summed E-state index contributed by atoms with van der Waals surface area (Å²) in [5, 5.41) is 10.2. The fourth-order valence-electron chi connectivity index (χ4n) is 3.35. The van der Waals surface area contributed by atoms with Crippen molar-refractivity contribution < 1.29 is 19.0 Å². The number of ether oxygens (including phenoxy) is 3. The van der Waals surface area contributed by atoms with Crippen LogP contribution in [0.15, 0.2) is 72.8 Å². The van der Waals surface area contributed by atoms with Gasteiger partial charge in [-0.05, 0) is 37.3 Å². The molecule has 0 aliphatic heterocycles. The number of nitrogens with zero attached hydrogens (tertiary/aromatic N) is 3. The average molecular weight is 474 g/mol. The third-order valence-corrected chi connectivity index (χ3v) is 5.09. The van der Waals surface area contributed by atoms with Crippen LogP contribution >= 0.6 is 0 Å². The van der Waals surface area contributed by atoms with Crippen LogP contribution in [0.1, 0.15) is 5.56 Å². The van der Waals surface area contributed by atoms with Crippen LogP contribution in [0.2, 0.25) is 0 Å². The van der Waals surface area contributed by atoms with E-state index in [1.807, 2.05) is 55.5 Å². The highest BCUT2D eigenvalue weighted by Crippen LogP contribution is 2.25. The second-order valence-corrected chi connectivity index (χ2v) is 7.70. The summed E-state index contributed by atoms with van der Waals surface area (Å²) in [5.41, 5.74) is 3.96. The molecule has 2 amide bonds. The molecule has 3 aromatic carbocycles. The maximum atomic E-state index is 12.6. The summed E-state index contributed by atoms with van der Waals surface area (Å²) in [6.45, 7) is 2.79. The molecule has 9 nitrogen and oxygen atoms in total. The zero-order valence-electron chi connectivity index (χ0n) is 19.8. The van der Waals surface area contributed by atoms with E-state index in [-0.39, 0.29) is 12.0 Å². The van der Waals surface area contributed by atoms with Crippen LogP contribution in [0.25, 0.3) is 17.1 Å². The van der Waals surface area contributed by atoms with Gasteiger partial charge in [0.05, 0.1) is 19.4 Å². The van der Waals surface area contributed by atoms with Crippen molar-refractivity contribution in [2.45, 2.75) is 6.92 Å². The molecule has 0 radical (unpaired) electrons. The van der Waals surface area contributed by atoms with Crippen molar-refractivity contribution in [1.29, 1.82) is 0 Å². The molecule has 4 aromatic rings. The number of hydrogen-bond donors (Lipinski definition) is 2. The number of urea groups is 1. The highest BCUT2D eigenvalue weighted by Gasteiger charge is 2.15. The molecule has 35 heavy (non-hydrogen) atoms. The molecular weight excluding hydrogens is 446 g/mol. The van der Waals surface area contributed by atoms with Gasteiger partial charge in [-0.25, -0.2) is 9.48 Å². The van der Waals surface area contributed by atoms with Gasteiger partial charge in [0.2, 0.25) is 0 Å². The first kappa shape index (κ1) is 23.8. The van der Waals surface area contributed by atoms with Crippen molar-refractivity contribution in [2.75, 3.05) is 38.1 Å². The Labute approximate surface area is 203 Å². The number of carbonyl (C=O) groups excluding carboxylic acids is 1. The van der Waals surface area contributed by atoms with Crippen molar-refractivity contribution >= 4 is 17.4 Å². The summed E-state index contributed by atoms with van der Waals surface area (Å²) < 4.78 is 17.6. The van der Waals surface area contributed by atoms with E-state index in [1.165, 1.54) is 0 Å². The van der Waals surface area contributed by atoms with E-state index in [0.717, 1.165) is 11.1 Å². The van der Waals surface area contributed by atoms with Crippen LogP contribution in [0.4, 0.5) is 16.2 Å². The zero-order valence-corrected chi connectivity index (χ0v) is 19.8. The number of benzene rings is 3. The Morgan fingerprint density at radius 2 is 1.63 bits per heavy atom. The predicted molar refractivity (Wildman–Crippen MR) is 135 cm³/mol. The minimum absolute atomic E-state index is 0.242. The summed E-state index contributed by atoms with van der Waals surface area (Å²) in [7, 11) is 3.18. The fraction of sp³-hybridized carbons (Fsp3) is 0.192. The Bertz CT molecular complexity index is 1290. The topological polar surface area (TPSA) is 99.5 Å². The van der Waals surface area contributed by atoms with E-state index in [2.05, 4.69) is 20.7 Å². The molecule has 0 atom stereocenters. The first-order valence-corrected chi connectivity index (χ1v) is 11.0. The number of aryl methyl sites for hydroxylation is 1. The molecule has 4 rings (SSSR count). The van der Waals surface area contributed by atoms with Crippen LogP contribution in [0, 0.1) is 6.92 Å². The van der Waals surface area contributed by atoms with Crippen LogP contribution in [0.5, 0.6) is 11.8 Å². The molecule has 0 bridgehead atoms. The number of carbonyl (C=O) groups is 1. The van der Waals surface area contributed by atoms with Gasteiger partial charge in [0.15, 0.2) is 5.82 Å². The van der Waals surface area contributed by atoms with Gasteiger partial charge in [0.25, 0.3) is 0 Å². The lowest BCUT2D eigenvalue weighted by molar-refractivity contribution is 0.141. The minimum atomic E-state index is -0.378. The second-order valence-electron chi connectivity index (χ2n) is 7.70. The molecule has 0 saturated heterocycles. The summed E-state index contributed by atoms with van der Waals surface area (Å²) in [5.74, 6) is 1.28. The number of methoxy groups -OCH3 is 2. The standard InChI is InChI=1S/C26H27N5O4/c1-18-10-12-19(13-11-18)24-29-26(35-15-14-33-2)30-31(24)22-8-4-6-20(16-22)27-25(32)28-21-7-5-9-23(17-21)34-3/h4-13,16-17H,14-15H2,1-3H3,(H2,27,28,32). The van der Waals surface area contributed by atoms with Crippen molar-refractivity contribution in [2.24, 2.45) is 0 Å². The van der Waals surface area contributed by atoms with E-state index in [0.29, 0.717) is 41.8 Å². The average Bonchev–Trinajstić information content (AvgIpc) is 3.29. The van der Waals surface area contributed by atoms with Gasteiger partial charge in [-0.1, -0.05) is 42.0 Å². The maximum absolute atomic E-state index is 12.6. The molecular formula is C26H27N5O4. The number of nitrogens with one attached hydrogen (secondary N) is 2. The van der Waals surface area contributed by atoms with Crippen molar-refractivity contribution in [3.8, 4) is 28.8 Å². The molecule has 0 aliphatic carbocycles. The maximum Gasteiger partial charge on any atom is 0.336 e. The van der Waals surface area contributed by atoms with E-state index >= 15 is 0 Å². The van der Waals surface area contributed by atoms with Crippen molar-refractivity contribution in [3.05, 3.63) is 78.4 Å². The van der Waals surface area contributed by atoms with Gasteiger partial charge in [0, 0.05) is 30.1 Å². The second kappa shape index (κ2) is 11.2. The van der Waals surface area contributed by atoms with Gasteiger partial charge in [-0.2, -0.15) is 4.98 Å². The Hall–Kier alpha value is -4.37. The molecule has 0 aliphatic rings. The Kier molecular flexibility index (Phi) is 7.59. The highest BCUT2D eigenvalue weighted by atomic mass is 16.5. The van der Waals surface area contributed by atoms with Gasteiger partial charge in [-0.15, -0.1) is 5.10 Å². The van der Waals surface area contributed by atoms with Crippen LogP contribution in [-0.2, 0) is 4.74 Å². The number of anilines is 2. The van der Waals surface area contributed by atoms with E-state index in [4.69, 9.17) is 14.2 Å². The SMILES string of the molecule is COCCOc1nc(-c2ccc(C)cc2)n(-c2cccc(NC(=O)Nc3cccc(OC)c3)c2)n1. The molecule has 0 saturated carbocycles. The third kappa shape index (κ3) is 6.15. The summed E-state index contributed by atoms with van der Waals surface area (Å²) in [4.78, 5) is 17.2. The van der Waals surface area contributed by atoms with E-state index in [9.17, 15) is 4.79 Å². The van der Waals surface area contributed by atoms with Gasteiger partial charge in [-0.3, -0.25) is 0 Å². The third-order valence-electron chi connectivity index (χ3n) is 5.09. The molecule has 0 spiro atoms. The van der Waals surface area contributed by atoms with Gasteiger partial charge < -0.3 is 24.8 Å². The Morgan fingerprint density at radius 3 is 2.34 bits per heavy atom. The Balaban J connectivity index is 1.58. The molecule has 180 valence electrons.